The Morgan fingerprint density at radius 2 is 1.83 bits per heavy atom. The third-order valence-electron chi connectivity index (χ3n) is 3.68. The first-order valence-corrected chi connectivity index (χ1v) is 6.91. The van der Waals surface area contributed by atoms with Gasteiger partial charge in [0, 0.05) is 33.2 Å². The van der Waals surface area contributed by atoms with E-state index in [-0.39, 0.29) is 18.0 Å². The lowest BCUT2D eigenvalue weighted by atomic mass is 10.1. The number of thiocarbonyl (C=S) groups is 1. The molecule has 5 nitrogen and oxygen atoms in total. The van der Waals surface area contributed by atoms with E-state index in [0.717, 1.165) is 32.6 Å². The van der Waals surface area contributed by atoms with Gasteiger partial charge in [-0.2, -0.15) is 0 Å². The normalized spacial score (nSPS) is 21.3. The summed E-state index contributed by atoms with van der Waals surface area (Å²) in [5, 5.41) is 2.69. The minimum atomic E-state index is -0.0675. The third-order valence-corrected chi connectivity index (χ3v) is 3.95. The van der Waals surface area contributed by atoms with E-state index in [2.05, 4.69) is 22.0 Å². The lowest BCUT2D eigenvalue weighted by Crippen LogP contribution is -2.57. The van der Waals surface area contributed by atoms with Crippen molar-refractivity contribution in [1.29, 1.82) is 0 Å². The highest BCUT2D eigenvalue weighted by atomic mass is 32.1. The van der Waals surface area contributed by atoms with Crippen LogP contribution in [0.4, 0.5) is 0 Å². The van der Waals surface area contributed by atoms with Crippen molar-refractivity contribution in [2.45, 2.75) is 32.4 Å². The predicted octanol–water partition coefficient (Wildman–Crippen LogP) is -0.197. The van der Waals surface area contributed by atoms with E-state index in [1.54, 1.807) is 7.05 Å². The summed E-state index contributed by atoms with van der Waals surface area (Å²) in [6, 6.07) is 0.125. The Morgan fingerprint density at radius 3 is 2.22 bits per heavy atom. The fourth-order valence-electron chi connectivity index (χ4n) is 2.45. The number of likely N-dealkylation sites (N-methyl/N-ethyl adjacent to an activating group) is 1. The highest BCUT2D eigenvalue weighted by molar-refractivity contribution is 7.80. The van der Waals surface area contributed by atoms with Crippen LogP contribution in [0.5, 0.6) is 0 Å². The SMILES string of the molecule is CCC(C(N)=S)N1CCN(C(C)C(=O)NC)CC1. The number of rotatable bonds is 5. The first-order valence-electron chi connectivity index (χ1n) is 6.50. The van der Waals surface area contributed by atoms with Crippen LogP contribution in [-0.4, -0.2) is 66.0 Å². The van der Waals surface area contributed by atoms with Crippen LogP contribution < -0.4 is 11.1 Å². The summed E-state index contributed by atoms with van der Waals surface area (Å²) < 4.78 is 0. The van der Waals surface area contributed by atoms with Gasteiger partial charge in [-0.25, -0.2) is 0 Å². The number of nitrogens with zero attached hydrogens (tertiary/aromatic N) is 2. The summed E-state index contributed by atoms with van der Waals surface area (Å²) >= 11 is 5.10. The van der Waals surface area contributed by atoms with Crippen LogP contribution in [0.2, 0.25) is 0 Å². The molecule has 1 fully saturated rings. The molecule has 0 saturated carbocycles. The monoisotopic (exact) mass is 272 g/mol. The number of hydrogen-bond acceptors (Lipinski definition) is 4. The Kier molecular flexibility index (Phi) is 5.98. The van der Waals surface area contributed by atoms with Crippen molar-refractivity contribution in [3.8, 4) is 0 Å². The molecule has 104 valence electrons. The van der Waals surface area contributed by atoms with Gasteiger partial charge in [-0.05, 0) is 13.3 Å². The molecule has 0 radical (unpaired) electrons. The number of carbonyl (C=O) groups is 1. The molecule has 1 heterocycles. The largest absolute Gasteiger partial charge is 0.392 e. The number of amides is 1. The zero-order valence-electron chi connectivity index (χ0n) is 11.5. The zero-order chi connectivity index (χ0) is 13.7. The molecule has 1 saturated heterocycles. The minimum absolute atomic E-state index is 0.0675. The second kappa shape index (κ2) is 7.01. The zero-order valence-corrected chi connectivity index (χ0v) is 12.3. The average Bonchev–Trinajstić information content (AvgIpc) is 2.38. The first-order chi connectivity index (χ1) is 8.51. The molecular weight excluding hydrogens is 248 g/mol. The smallest absolute Gasteiger partial charge is 0.236 e. The van der Waals surface area contributed by atoms with Gasteiger partial charge in [-0.3, -0.25) is 14.6 Å². The summed E-state index contributed by atoms with van der Waals surface area (Å²) in [7, 11) is 1.68. The van der Waals surface area contributed by atoms with Gasteiger partial charge in [0.15, 0.2) is 0 Å². The van der Waals surface area contributed by atoms with Gasteiger partial charge in [-0.15, -0.1) is 0 Å². The van der Waals surface area contributed by atoms with Crippen LogP contribution in [0.1, 0.15) is 20.3 Å². The van der Waals surface area contributed by atoms with Crippen molar-refractivity contribution in [2.24, 2.45) is 5.73 Å². The molecule has 2 atom stereocenters. The number of carbonyl (C=O) groups excluding carboxylic acids is 1. The molecule has 6 heteroatoms. The molecule has 0 aliphatic carbocycles. The molecule has 0 aromatic carbocycles. The second-order valence-corrected chi connectivity index (χ2v) is 5.16. The first kappa shape index (κ1) is 15.3. The molecule has 18 heavy (non-hydrogen) atoms. The van der Waals surface area contributed by atoms with Crippen molar-refractivity contribution < 1.29 is 4.79 Å². The summed E-state index contributed by atoms with van der Waals surface area (Å²) in [5.74, 6) is 0.0739. The molecule has 0 aromatic rings. The van der Waals surface area contributed by atoms with Crippen LogP contribution in [0.15, 0.2) is 0 Å². The van der Waals surface area contributed by atoms with E-state index in [1.807, 2.05) is 6.92 Å². The van der Waals surface area contributed by atoms with E-state index < -0.39 is 0 Å². The summed E-state index contributed by atoms with van der Waals surface area (Å²) in [5.41, 5.74) is 5.75. The molecule has 3 N–H and O–H groups in total. The molecule has 1 aliphatic rings. The van der Waals surface area contributed by atoms with Crippen LogP contribution in [0.3, 0.4) is 0 Å². The molecule has 2 unspecified atom stereocenters. The Labute approximate surface area is 115 Å². The highest BCUT2D eigenvalue weighted by Gasteiger charge is 2.28. The minimum Gasteiger partial charge on any atom is -0.392 e. The van der Waals surface area contributed by atoms with Crippen molar-refractivity contribution in [3.05, 3.63) is 0 Å². The quantitative estimate of drug-likeness (QED) is 0.679. The van der Waals surface area contributed by atoms with E-state index in [9.17, 15) is 4.79 Å². The van der Waals surface area contributed by atoms with Crippen LogP contribution in [0, 0.1) is 0 Å². The van der Waals surface area contributed by atoms with E-state index in [4.69, 9.17) is 18.0 Å². The van der Waals surface area contributed by atoms with Crippen molar-refractivity contribution in [1.82, 2.24) is 15.1 Å². The third kappa shape index (κ3) is 3.63. The number of nitrogens with one attached hydrogen (secondary N) is 1. The molecular formula is C12H24N4OS. The average molecular weight is 272 g/mol. The van der Waals surface area contributed by atoms with Gasteiger partial charge in [0.1, 0.15) is 0 Å². The predicted molar refractivity (Wildman–Crippen MR) is 77.5 cm³/mol. The van der Waals surface area contributed by atoms with E-state index in [1.165, 1.54) is 0 Å². The van der Waals surface area contributed by atoms with Gasteiger partial charge in [0.25, 0.3) is 0 Å². The fourth-order valence-corrected chi connectivity index (χ4v) is 2.77. The van der Waals surface area contributed by atoms with Crippen molar-refractivity contribution >= 4 is 23.1 Å². The summed E-state index contributed by atoms with van der Waals surface area (Å²) in [4.78, 5) is 16.7. The van der Waals surface area contributed by atoms with Crippen LogP contribution in [0.25, 0.3) is 0 Å². The lowest BCUT2D eigenvalue weighted by Gasteiger charge is -2.40. The van der Waals surface area contributed by atoms with Crippen LogP contribution in [-0.2, 0) is 4.79 Å². The van der Waals surface area contributed by atoms with Crippen molar-refractivity contribution in [3.63, 3.8) is 0 Å². The maximum atomic E-state index is 11.6. The Morgan fingerprint density at radius 1 is 1.33 bits per heavy atom. The van der Waals surface area contributed by atoms with Gasteiger partial charge >= 0.3 is 0 Å². The Hall–Kier alpha value is -0.720. The Balaban J connectivity index is 2.50. The van der Waals surface area contributed by atoms with E-state index in [0.29, 0.717) is 4.99 Å². The van der Waals surface area contributed by atoms with E-state index >= 15 is 0 Å². The topological polar surface area (TPSA) is 61.6 Å². The number of nitrogens with two attached hydrogens (primary N) is 1. The van der Waals surface area contributed by atoms with Gasteiger partial charge in [0.05, 0.1) is 17.1 Å². The number of piperazine rings is 1. The molecule has 0 aromatic heterocycles. The molecule has 1 amide bonds. The lowest BCUT2D eigenvalue weighted by molar-refractivity contribution is -0.126. The molecule has 1 aliphatic heterocycles. The van der Waals surface area contributed by atoms with Gasteiger partial charge in [0.2, 0.25) is 5.91 Å². The standard InChI is InChI=1S/C12H24N4OS/c1-4-10(11(13)18)16-7-5-15(6-8-16)9(2)12(17)14-3/h9-10H,4-8H2,1-3H3,(H2,13,18)(H,14,17). The molecule has 0 spiro atoms. The van der Waals surface area contributed by atoms with Gasteiger partial charge in [-0.1, -0.05) is 19.1 Å². The summed E-state index contributed by atoms with van der Waals surface area (Å²) in [6.45, 7) is 7.64. The maximum Gasteiger partial charge on any atom is 0.236 e. The second-order valence-electron chi connectivity index (χ2n) is 4.69. The summed E-state index contributed by atoms with van der Waals surface area (Å²) in [6.07, 6.45) is 0.945. The maximum absolute atomic E-state index is 11.6. The molecule has 1 rings (SSSR count). The molecule has 0 bridgehead atoms. The number of hydrogen-bond donors (Lipinski definition) is 2. The van der Waals surface area contributed by atoms with Crippen molar-refractivity contribution in [2.75, 3.05) is 33.2 Å². The van der Waals surface area contributed by atoms with Gasteiger partial charge < -0.3 is 11.1 Å². The highest BCUT2D eigenvalue weighted by Crippen LogP contribution is 2.12. The fraction of sp³-hybridized carbons (Fsp3) is 0.833. The van der Waals surface area contributed by atoms with Crippen LogP contribution >= 0.6 is 12.2 Å². The Bertz CT molecular complexity index is 302.